The minimum atomic E-state index is 0.790. The van der Waals surface area contributed by atoms with Gasteiger partial charge < -0.3 is 11.1 Å². The van der Waals surface area contributed by atoms with Crippen molar-refractivity contribution in [3.8, 4) is 0 Å². The second-order valence-electron chi connectivity index (χ2n) is 4.56. The predicted molar refractivity (Wildman–Crippen MR) is 75.7 cm³/mol. The fourth-order valence-corrected chi connectivity index (χ4v) is 2.01. The number of anilines is 2. The fraction of sp³-hybridized carbons (Fsp3) is 0.357. The molecular formula is C14H20N4. The van der Waals surface area contributed by atoms with E-state index < -0.39 is 0 Å². The number of aryl methyl sites for hydroxylation is 3. The molecule has 0 atom stereocenters. The summed E-state index contributed by atoms with van der Waals surface area (Å²) in [5.41, 5.74) is 9.88. The van der Waals surface area contributed by atoms with E-state index in [1.165, 1.54) is 5.69 Å². The molecule has 0 fully saturated rings. The summed E-state index contributed by atoms with van der Waals surface area (Å²) in [6.07, 6.45) is 1.04. The molecule has 96 valence electrons. The summed E-state index contributed by atoms with van der Waals surface area (Å²) in [6, 6.07) is 9.92. The minimum Gasteiger partial charge on any atom is -0.399 e. The van der Waals surface area contributed by atoms with Crippen LogP contribution in [-0.2, 0) is 6.54 Å². The van der Waals surface area contributed by atoms with Gasteiger partial charge in [-0.2, -0.15) is 5.10 Å². The fourth-order valence-electron chi connectivity index (χ4n) is 2.01. The van der Waals surface area contributed by atoms with Gasteiger partial charge in [-0.25, -0.2) is 0 Å². The second kappa shape index (κ2) is 5.58. The van der Waals surface area contributed by atoms with E-state index in [4.69, 9.17) is 5.73 Å². The molecule has 4 heteroatoms. The van der Waals surface area contributed by atoms with Crippen LogP contribution in [-0.4, -0.2) is 16.3 Å². The first kappa shape index (κ1) is 12.5. The van der Waals surface area contributed by atoms with E-state index in [1.807, 2.05) is 31.2 Å². The van der Waals surface area contributed by atoms with Crippen LogP contribution in [0.2, 0.25) is 0 Å². The molecule has 0 saturated carbocycles. The molecule has 1 heterocycles. The molecule has 0 aliphatic rings. The Hall–Kier alpha value is -1.97. The summed E-state index contributed by atoms with van der Waals surface area (Å²) in [5, 5.41) is 7.80. The van der Waals surface area contributed by atoms with Crippen molar-refractivity contribution in [1.29, 1.82) is 0 Å². The summed E-state index contributed by atoms with van der Waals surface area (Å²) in [4.78, 5) is 0. The van der Waals surface area contributed by atoms with Gasteiger partial charge in [0.15, 0.2) is 0 Å². The van der Waals surface area contributed by atoms with Gasteiger partial charge in [0.1, 0.15) is 0 Å². The quantitative estimate of drug-likeness (QED) is 0.628. The molecule has 1 aromatic heterocycles. The molecule has 0 aliphatic carbocycles. The zero-order valence-corrected chi connectivity index (χ0v) is 11.0. The third kappa shape index (κ3) is 3.26. The van der Waals surface area contributed by atoms with Gasteiger partial charge in [-0.05, 0) is 44.5 Å². The van der Waals surface area contributed by atoms with Crippen LogP contribution in [0.1, 0.15) is 17.8 Å². The molecule has 0 spiro atoms. The largest absolute Gasteiger partial charge is 0.399 e. The van der Waals surface area contributed by atoms with Crippen molar-refractivity contribution in [3.05, 3.63) is 41.7 Å². The first-order chi connectivity index (χ1) is 8.65. The number of aromatic nitrogens is 2. The Labute approximate surface area is 108 Å². The van der Waals surface area contributed by atoms with Gasteiger partial charge in [-0.15, -0.1) is 0 Å². The molecule has 0 radical (unpaired) electrons. The smallest absolute Gasteiger partial charge is 0.0596 e. The number of hydrogen-bond donors (Lipinski definition) is 2. The third-order valence-corrected chi connectivity index (χ3v) is 2.87. The molecule has 0 unspecified atom stereocenters. The zero-order valence-electron chi connectivity index (χ0n) is 11.0. The van der Waals surface area contributed by atoms with E-state index in [1.54, 1.807) is 0 Å². The van der Waals surface area contributed by atoms with E-state index in [9.17, 15) is 0 Å². The van der Waals surface area contributed by atoms with Crippen LogP contribution >= 0.6 is 0 Å². The first-order valence-electron chi connectivity index (χ1n) is 6.25. The van der Waals surface area contributed by atoms with E-state index in [0.717, 1.165) is 36.6 Å². The van der Waals surface area contributed by atoms with Gasteiger partial charge >= 0.3 is 0 Å². The van der Waals surface area contributed by atoms with Gasteiger partial charge in [0.25, 0.3) is 0 Å². The molecule has 0 saturated heterocycles. The highest BCUT2D eigenvalue weighted by Crippen LogP contribution is 2.11. The number of hydrogen-bond acceptors (Lipinski definition) is 3. The lowest BCUT2D eigenvalue weighted by Crippen LogP contribution is -2.09. The number of nitrogens with one attached hydrogen (secondary N) is 1. The van der Waals surface area contributed by atoms with Crippen LogP contribution in [0.3, 0.4) is 0 Å². The molecule has 2 aromatic rings. The second-order valence-corrected chi connectivity index (χ2v) is 4.56. The number of nitrogen functional groups attached to an aromatic ring is 1. The van der Waals surface area contributed by atoms with Gasteiger partial charge in [0, 0.05) is 30.2 Å². The van der Waals surface area contributed by atoms with Crippen LogP contribution < -0.4 is 11.1 Å². The van der Waals surface area contributed by atoms with Crippen molar-refractivity contribution in [2.75, 3.05) is 17.6 Å². The Kier molecular flexibility index (Phi) is 3.87. The Balaban J connectivity index is 1.78. The maximum absolute atomic E-state index is 5.72. The Morgan fingerprint density at radius 1 is 1.28 bits per heavy atom. The summed E-state index contributed by atoms with van der Waals surface area (Å²) < 4.78 is 2.05. The maximum atomic E-state index is 5.72. The van der Waals surface area contributed by atoms with Crippen molar-refractivity contribution in [3.63, 3.8) is 0 Å². The SMILES string of the molecule is Cc1cc(C)n(CCCNc2cccc(N)c2)n1. The van der Waals surface area contributed by atoms with E-state index in [2.05, 4.69) is 28.1 Å². The minimum absolute atomic E-state index is 0.790. The Morgan fingerprint density at radius 2 is 2.11 bits per heavy atom. The summed E-state index contributed by atoms with van der Waals surface area (Å²) in [5.74, 6) is 0. The molecule has 18 heavy (non-hydrogen) atoms. The Morgan fingerprint density at radius 3 is 2.78 bits per heavy atom. The highest BCUT2D eigenvalue weighted by Gasteiger charge is 2.00. The zero-order chi connectivity index (χ0) is 13.0. The van der Waals surface area contributed by atoms with Gasteiger partial charge in [0.2, 0.25) is 0 Å². The van der Waals surface area contributed by atoms with E-state index in [-0.39, 0.29) is 0 Å². The maximum Gasteiger partial charge on any atom is 0.0596 e. The van der Waals surface area contributed by atoms with Crippen molar-refractivity contribution in [2.24, 2.45) is 0 Å². The first-order valence-corrected chi connectivity index (χ1v) is 6.25. The monoisotopic (exact) mass is 244 g/mol. The highest BCUT2D eigenvalue weighted by atomic mass is 15.3. The molecule has 4 nitrogen and oxygen atoms in total. The lowest BCUT2D eigenvalue weighted by atomic mass is 10.3. The molecule has 0 bridgehead atoms. The van der Waals surface area contributed by atoms with Crippen molar-refractivity contribution in [2.45, 2.75) is 26.8 Å². The standard InChI is InChI=1S/C14H20N4/c1-11-9-12(2)18(17-11)8-4-7-16-14-6-3-5-13(15)10-14/h3,5-6,9-10,16H,4,7-8,15H2,1-2H3. The third-order valence-electron chi connectivity index (χ3n) is 2.87. The predicted octanol–water partition coefficient (Wildman–Crippen LogP) is 2.58. The normalized spacial score (nSPS) is 10.6. The number of rotatable bonds is 5. The van der Waals surface area contributed by atoms with Crippen LogP contribution in [0.5, 0.6) is 0 Å². The molecular weight excluding hydrogens is 224 g/mol. The molecule has 2 rings (SSSR count). The lowest BCUT2D eigenvalue weighted by Gasteiger charge is -2.08. The summed E-state index contributed by atoms with van der Waals surface area (Å²) in [6.45, 7) is 5.97. The van der Waals surface area contributed by atoms with E-state index in [0.29, 0.717) is 0 Å². The van der Waals surface area contributed by atoms with Crippen molar-refractivity contribution >= 4 is 11.4 Å². The number of nitrogens with two attached hydrogens (primary N) is 1. The average molecular weight is 244 g/mol. The van der Waals surface area contributed by atoms with Gasteiger partial charge in [-0.1, -0.05) is 6.07 Å². The molecule has 1 aromatic carbocycles. The van der Waals surface area contributed by atoms with Crippen molar-refractivity contribution < 1.29 is 0 Å². The molecule has 3 N–H and O–H groups in total. The van der Waals surface area contributed by atoms with E-state index >= 15 is 0 Å². The van der Waals surface area contributed by atoms with Crippen LogP contribution in [0, 0.1) is 13.8 Å². The van der Waals surface area contributed by atoms with Gasteiger partial charge in [0.05, 0.1) is 5.69 Å². The van der Waals surface area contributed by atoms with Crippen LogP contribution in [0.25, 0.3) is 0 Å². The highest BCUT2D eigenvalue weighted by molar-refractivity contribution is 5.53. The summed E-state index contributed by atoms with van der Waals surface area (Å²) in [7, 11) is 0. The molecule has 0 aliphatic heterocycles. The lowest BCUT2D eigenvalue weighted by molar-refractivity contribution is 0.574. The van der Waals surface area contributed by atoms with Crippen LogP contribution in [0.15, 0.2) is 30.3 Å². The Bertz CT molecular complexity index is 516. The number of nitrogens with zero attached hydrogens (tertiary/aromatic N) is 2. The topological polar surface area (TPSA) is 55.9 Å². The van der Waals surface area contributed by atoms with Crippen molar-refractivity contribution in [1.82, 2.24) is 9.78 Å². The van der Waals surface area contributed by atoms with Crippen LogP contribution in [0.4, 0.5) is 11.4 Å². The molecule has 0 amide bonds. The average Bonchev–Trinajstić information content (AvgIpc) is 2.64. The number of benzene rings is 1. The van der Waals surface area contributed by atoms with Gasteiger partial charge in [-0.3, -0.25) is 4.68 Å². The summed E-state index contributed by atoms with van der Waals surface area (Å²) >= 11 is 0.